The van der Waals surface area contributed by atoms with Gasteiger partial charge in [-0.1, -0.05) is 31.2 Å². The molecule has 3 N–H and O–H groups in total. The molecule has 0 heterocycles. The zero-order valence-corrected chi connectivity index (χ0v) is 7.53. The van der Waals surface area contributed by atoms with Crippen LogP contribution in [0.25, 0.3) is 0 Å². The van der Waals surface area contributed by atoms with E-state index in [1.165, 1.54) is 5.56 Å². The second kappa shape index (κ2) is 4.05. The van der Waals surface area contributed by atoms with Crippen molar-refractivity contribution in [3.05, 3.63) is 35.4 Å². The molecule has 0 aliphatic carbocycles. The van der Waals surface area contributed by atoms with Crippen LogP contribution >= 0.6 is 0 Å². The summed E-state index contributed by atoms with van der Waals surface area (Å²) in [6, 6.07) is 6.41. The molecule has 0 saturated heterocycles. The van der Waals surface area contributed by atoms with Gasteiger partial charge in [-0.25, -0.2) is 0 Å². The van der Waals surface area contributed by atoms with E-state index in [4.69, 9.17) is 10.8 Å². The maximum Gasteiger partial charge on any atom is 0.325 e. The Kier molecular flexibility index (Phi) is 3.03. The molecule has 1 unspecified atom stereocenters. The van der Waals surface area contributed by atoms with Crippen LogP contribution in [0.2, 0.25) is 0 Å². The Morgan fingerprint density at radius 1 is 1.46 bits per heavy atom. The number of rotatable bonds is 3. The molecule has 0 radical (unpaired) electrons. The van der Waals surface area contributed by atoms with Crippen LogP contribution in [0.3, 0.4) is 0 Å². The molecule has 1 rings (SSSR count). The molecule has 0 aliphatic heterocycles. The quantitative estimate of drug-likeness (QED) is 0.735. The van der Waals surface area contributed by atoms with Gasteiger partial charge < -0.3 is 10.8 Å². The SMILES string of the molecule is CCc1ccc(C(N)C(=O)O)cc1. The summed E-state index contributed by atoms with van der Waals surface area (Å²) in [5, 5.41) is 8.64. The Bertz CT molecular complexity index is 292. The Balaban J connectivity index is 2.85. The summed E-state index contributed by atoms with van der Waals surface area (Å²) in [6.45, 7) is 2.05. The van der Waals surface area contributed by atoms with Crippen molar-refractivity contribution in [3.63, 3.8) is 0 Å². The van der Waals surface area contributed by atoms with Crippen molar-refractivity contribution in [1.82, 2.24) is 0 Å². The average Bonchev–Trinajstić information content (AvgIpc) is 2.17. The summed E-state index contributed by atoms with van der Waals surface area (Å²) < 4.78 is 0. The van der Waals surface area contributed by atoms with Crippen molar-refractivity contribution in [2.75, 3.05) is 0 Å². The van der Waals surface area contributed by atoms with E-state index >= 15 is 0 Å². The molecule has 0 amide bonds. The number of aliphatic carboxylic acids is 1. The Morgan fingerprint density at radius 2 is 2.00 bits per heavy atom. The summed E-state index contributed by atoms with van der Waals surface area (Å²) in [4.78, 5) is 10.5. The lowest BCUT2D eigenvalue weighted by Crippen LogP contribution is -2.20. The molecule has 3 nitrogen and oxygen atoms in total. The van der Waals surface area contributed by atoms with Crippen LogP contribution in [0.4, 0.5) is 0 Å². The number of nitrogens with two attached hydrogens (primary N) is 1. The highest BCUT2D eigenvalue weighted by molar-refractivity contribution is 5.75. The van der Waals surface area contributed by atoms with E-state index in [1.54, 1.807) is 12.1 Å². The fourth-order valence-electron chi connectivity index (χ4n) is 1.10. The second-order valence-corrected chi connectivity index (χ2v) is 2.91. The number of aryl methyl sites for hydroxylation is 1. The van der Waals surface area contributed by atoms with Crippen LogP contribution in [0.15, 0.2) is 24.3 Å². The highest BCUT2D eigenvalue weighted by Gasteiger charge is 2.12. The number of hydrogen-bond acceptors (Lipinski definition) is 2. The molecule has 0 aliphatic rings. The number of carboxylic acid groups (broad SMARTS) is 1. The first kappa shape index (κ1) is 9.74. The van der Waals surface area contributed by atoms with Crippen molar-refractivity contribution in [1.29, 1.82) is 0 Å². The molecule has 0 bridgehead atoms. The normalized spacial score (nSPS) is 12.5. The smallest absolute Gasteiger partial charge is 0.325 e. The first-order valence-corrected chi connectivity index (χ1v) is 4.22. The summed E-state index contributed by atoms with van der Waals surface area (Å²) in [5.41, 5.74) is 7.25. The lowest BCUT2D eigenvalue weighted by molar-refractivity contribution is -0.138. The number of hydrogen-bond donors (Lipinski definition) is 2. The van der Waals surface area contributed by atoms with Crippen molar-refractivity contribution in [2.24, 2.45) is 5.73 Å². The Labute approximate surface area is 77.2 Å². The maximum atomic E-state index is 10.5. The Morgan fingerprint density at radius 3 is 2.38 bits per heavy atom. The summed E-state index contributed by atoms with van der Waals surface area (Å²) >= 11 is 0. The third kappa shape index (κ3) is 2.29. The standard InChI is InChI=1S/C10H13NO2/c1-2-7-3-5-8(6-4-7)9(11)10(12)13/h3-6,9H,2,11H2,1H3,(H,12,13). The molecule has 70 valence electrons. The molecular weight excluding hydrogens is 166 g/mol. The van der Waals surface area contributed by atoms with Gasteiger partial charge in [0.25, 0.3) is 0 Å². The van der Waals surface area contributed by atoms with Crippen LogP contribution in [0.5, 0.6) is 0 Å². The van der Waals surface area contributed by atoms with Gasteiger partial charge in [-0.05, 0) is 17.5 Å². The van der Waals surface area contributed by atoms with Gasteiger partial charge in [0.2, 0.25) is 0 Å². The minimum Gasteiger partial charge on any atom is -0.480 e. The minimum atomic E-state index is -0.996. The fourth-order valence-corrected chi connectivity index (χ4v) is 1.10. The number of carbonyl (C=O) groups is 1. The number of carboxylic acids is 1. The third-order valence-electron chi connectivity index (χ3n) is 2.01. The van der Waals surface area contributed by atoms with Crippen LogP contribution < -0.4 is 5.73 Å². The summed E-state index contributed by atoms with van der Waals surface area (Å²) in [6.07, 6.45) is 0.947. The first-order valence-electron chi connectivity index (χ1n) is 4.22. The van der Waals surface area contributed by atoms with Gasteiger partial charge in [0.05, 0.1) is 0 Å². The first-order chi connectivity index (χ1) is 6.15. The molecule has 0 saturated carbocycles. The van der Waals surface area contributed by atoms with Gasteiger partial charge in [0.1, 0.15) is 6.04 Å². The monoisotopic (exact) mass is 179 g/mol. The largest absolute Gasteiger partial charge is 0.480 e. The zero-order chi connectivity index (χ0) is 9.84. The van der Waals surface area contributed by atoms with Crippen molar-refractivity contribution >= 4 is 5.97 Å². The van der Waals surface area contributed by atoms with Gasteiger partial charge in [-0.2, -0.15) is 0 Å². The molecule has 1 aromatic carbocycles. The van der Waals surface area contributed by atoms with E-state index in [2.05, 4.69) is 0 Å². The van der Waals surface area contributed by atoms with Gasteiger partial charge in [0, 0.05) is 0 Å². The lowest BCUT2D eigenvalue weighted by Gasteiger charge is -2.06. The highest BCUT2D eigenvalue weighted by Crippen LogP contribution is 2.11. The molecule has 1 aromatic rings. The van der Waals surface area contributed by atoms with E-state index in [9.17, 15) is 4.79 Å². The van der Waals surface area contributed by atoms with E-state index in [1.807, 2.05) is 19.1 Å². The van der Waals surface area contributed by atoms with Crippen LogP contribution in [0.1, 0.15) is 24.1 Å². The third-order valence-corrected chi connectivity index (χ3v) is 2.01. The highest BCUT2D eigenvalue weighted by atomic mass is 16.4. The molecular formula is C10H13NO2. The van der Waals surface area contributed by atoms with E-state index in [-0.39, 0.29) is 0 Å². The fraction of sp³-hybridized carbons (Fsp3) is 0.300. The predicted molar refractivity (Wildman–Crippen MR) is 50.4 cm³/mol. The van der Waals surface area contributed by atoms with Gasteiger partial charge in [-0.3, -0.25) is 4.79 Å². The molecule has 1 atom stereocenters. The second-order valence-electron chi connectivity index (χ2n) is 2.91. The molecule has 0 fully saturated rings. The maximum absolute atomic E-state index is 10.5. The van der Waals surface area contributed by atoms with E-state index in [0.717, 1.165) is 6.42 Å². The van der Waals surface area contributed by atoms with E-state index in [0.29, 0.717) is 5.56 Å². The molecule has 13 heavy (non-hydrogen) atoms. The van der Waals surface area contributed by atoms with Crippen LogP contribution in [0, 0.1) is 0 Å². The average molecular weight is 179 g/mol. The van der Waals surface area contributed by atoms with E-state index < -0.39 is 12.0 Å². The summed E-state index contributed by atoms with van der Waals surface area (Å²) in [5.74, 6) is -0.996. The van der Waals surface area contributed by atoms with Gasteiger partial charge in [0.15, 0.2) is 0 Å². The van der Waals surface area contributed by atoms with Crippen molar-refractivity contribution < 1.29 is 9.90 Å². The molecule has 0 spiro atoms. The molecule has 3 heteroatoms. The van der Waals surface area contributed by atoms with Crippen LogP contribution in [-0.4, -0.2) is 11.1 Å². The van der Waals surface area contributed by atoms with Gasteiger partial charge >= 0.3 is 5.97 Å². The topological polar surface area (TPSA) is 63.3 Å². The molecule has 0 aromatic heterocycles. The number of benzene rings is 1. The lowest BCUT2D eigenvalue weighted by atomic mass is 10.0. The van der Waals surface area contributed by atoms with Crippen molar-refractivity contribution in [3.8, 4) is 0 Å². The predicted octanol–water partition coefficient (Wildman–Crippen LogP) is 1.33. The Hall–Kier alpha value is -1.35. The van der Waals surface area contributed by atoms with Crippen LogP contribution in [-0.2, 0) is 11.2 Å². The summed E-state index contributed by atoms with van der Waals surface area (Å²) in [7, 11) is 0. The van der Waals surface area contributed by atoms with Crippen molar-refractivity contribution in [2.45, 2.75) is 19.4 Å². The zero-order valence-electron chi connectivity index (χ0n) is 7.53. The minimum absolute atomic E-state index is 0.643. The van der Waals surface area contributed by atoms with Gasteiger partial charge in [-0.15, -0.1) is 0 Å².